The molecule has 0 aliphatic rings. The molecular formula is C9H10N6OS2. The van der Waals surface area contributed by atoms with Crippen LogP contribution < -0.4 is 17.0 Å². The molecule has 0 aromatic carbocycles. The van der Waals surface area contributed by atoms with Crippen LogP contribution in [0.15, 0.2) is 22.8 Å². The first-order chi connectivity index (χ1) is 8.70. The molecule has 0 aliphatic carbocycles. The lowest BCUT2D eigenvalue weighted by Gasteiger charge is -2.00. The first-order valence-corrected chi connectivity index (χ1v) is 6.72. The molecule has 1 amide bonds. The first kappa shape index (κ1) is 12.7. The second-order valence-corrected chi connectivity index (χ2v) is 4.98. The fourth-order valence-electron chi connectivity index (χ4n) is 1.13. The number of nitrogens with zero attached hydrogens (tertiary/aromatic N) is 3. The molecule has 0 atom stereocenters. The number of amides is 1. The molecule has 0 radical (unpaired) electrons. The van der Waals surface area contributed by atoms with E-state index in [2.05, 4.69) is 15.0 Å². The van der Waals surface area contributed by atoms with Crippen LogP contribution in [-0.4, -0.2) is 20.9 Å². The predicted molar refractivity (Wildman–Crippen MR) is 69.8 cm³/mol. The number of aromatic nitrogens is 3. The van der Waals surface area contributed by atoms with E-state index in [-0.39, 0.29) is 0 Å². The standard InChI is InChI=1S/C9H10N6OS2/c10-6-8(13-2-1-12-6)17-3-5-4-18-9(14-5)7(16)15-11/h1-2,4H,3,11H2,(H2,10,12)(H,15,16). The Morgan fingerprint density at radius 2 is 2.22 bits per heavy atom. The van der Waals surface area contributed by atoms with E-state index in [9.17, 15) is 4.79 Å². The van der Waals surface area contributed by atoms with Crippen LogP contribution in [0.5, 0.6) is 0 Å². The maximum atomic E-state index is 11.2. The Balaban J connectivity index is 2.01. The number of hydrogen-bond acceptors (Lipinski definition) is 8. The molecule has 2 aromatic rings. The van der Waals surface area contributed by atoms with Gasteiger partial charge in [0.15, 0.2) is 10.8 Å². The molecule has 2 aromatic heterocycles. The van der Waals surface area contributed by atoms with Crippen molar-refractivity contribution in [2.45, 2.75) is 10.8 Å². The van der Waals surface area contributed by atoms with E-state index in [1.807, 2.05) is 5.43 Å². The normalized spacial score (nSPS) is 10.3. The number of nitrogens with one attached hydrogen (secondary N) is 1. The van der Waals surface area contributed by atoms with Crippen molar-refractivity contribution >= 4 is 34.8 Å². The Bertz CT molecular complexity index is 557. The topological polar surface area (TPSA) is 120 Å². The molecule has 2 rings (SSSR count). The monoisotopic (exact) mass is 282 g/mol. The van der Waals surface area contributed by atoms with Gasteiger partial charge in [-0.1, -0.05) is 11.8 Å². The second kappa shape index (κ2) is 5.76. The zero-order valence-corrected chi connectivity index (χ0v) is 10.8. The van der Waals surface area contributed by atoms with Gasteiger partial charge >= 0.3 is 0 Å². The van der Waals surface area contributed by atoms with E-state index in [1.165, 1.54) is 29.3 Å². The Morgan fingerprint density at radius 3 is 2.94 bits per heavy atom. The maximum Gasteiger partial charge on any atom is 0.294 e. The number of hydrazine groups is 1. The minimum absolute atomic E-state index is 0.334. The SMILES string of the molecule is NNC(=O)c1nc(CSc2nccnc2N)cs1. The van der Waals surface area contributed by atoms with E-state index >= 15 is 0 Å². The highest BCUT2D eigenvalue weighted by Crippen LogP contribution is 2.24. The summed E-state index contributed by atoms with van der Waals surface area (Å²) in [6.45, 7) is 0. The molecule has 18 heavy (non-hydrogen) atoms. The van der Waals surface area contributed by atoms with Crippen LogP contribution in [0.1, 0.15) is 15.5 Å². The van der Waals surface area contributed by atoms with E-state index in [0.717, 1.165) is 5.69 Å². The molecule has 0 bridgehead atoms. The van der Waals surface area contributed by atoms with Gasteiger partial charge in [0.2, 0.25) is 0 Å². The summed E-state index contributed by atoms with van der Waals surface area (Å²) in [6.07, 6.45) is 3.11. The van der Waals surface area contributed by atoms with Crippen LogP contribution in [0.25, 0.3) is 0 Å². The van der Waals surface area contributed by atoms with Crippen molar-refractivity contribution in [2.24, 2.45) is 5.84 Å². The summed E-state index contributed by atoms with van der Waals surface area (Å²) in [6, 6.07) is 0. The van der Waals surface area contributed by atoms with Crippen molar-refractivity contribution in [3.8, 4) is 0 Å². The number of carbonyl (C=O) groups is 1. The van der Waals surface area contributed by atoms with E-state index < -0.39 is 5.91 Å². The minimum Gasteiger partial charge on any atom is -0.381 e. The molecular weight excluding hydrogens is 272 g/mol. The minimum atomic E-state index is -0.393. The fourth-order valence-corrected chi connectivity index (χ4v) is 2.72. The quantitative estimate of drug-likeness (QED) is 0.321. The van der Waals surface area contributed by atoms with Crippen molar-refractivity contribution in [1.82, 2.24) is 20.4 Å². The smallest absolute Gasteiger partial charge is 0.294 e. The molecule has 0 spiro atoms. The third-order valence-corrected chi connectivity index (χ3v) is 3.84. The largest absolute Gasteiger partial charge is 0.381 e. The van der Waals surface area contributed by atoms with Crippen LogP contribution >= 0.6 is 23.1 Å². The van der Waals surface area contributed by atoms with Crippen molar-refractivity contribution in [2.75, 3.05) is 5.73 Å². The zero-order valence-electron chi connectivity index (χ0n) is 9.16. The van der Waals surface area contributed by atoms with Gasteiger partial charge in [0.05, 0.1) is 5.69 Å². The maximum absolute atomic E-state index is 11.2. The number of carbonyl (C=O) groups excluding carboxylic acids is 1. The third kappa shape index (κ3) is 2.94. The predicted octanol–water partition coefficient (Wildman–Crippen LogP) is 0.411. The summed E-state index contributed by atoms with van der Waals surface area (Å²) in [7, 11) is 0. The van der Waals surface area contributed by atoms with Gasteiger partial charge in [-0.15, -0.1) is 11.3 Å². The second-order valence-electron chi connectivity index (χ2n) is 3.15. The van der Waals surface area contributed by atoms with Crippen LogP contribution in [-0.2, 0) is 5.75 Å². The van der Waals surface area contributed by atoms with Crippen molar-refractivity contribution in [1.29, 1.82) is 0 Å². The number of nitrogen functional groups attached to an aromatic ring is 2. The number of rotatable bonds is 4. The van der Waals surface area contributed by atoms with Gasteiger partial charge in [-0.05, 0) is 0 Å². The Hall–Kier alpha value is -1.71. The summed E-state index contributed by atoms with van der Waals surface area (Å²) in [5.74, 6) is 5.59. The molecule has 9 heteroatoms. The lowest BCUT2D eigenvalue weighted by Crippen LogP contribution is -2.29. The average Bonchev–Trinajstić information content (AvgIpc) is 2.86. The number of anilines is 1. The summed E-state index contributed by atoms with van der Waals surface area (Å²) in [4.78, 5) is 23.4. The summed E-state index contributed by atoms with van der Waals surface area (Å²) in [5, 5.41) is 2.78. The van der Waals surface area contributed by atoms with Crippen molar-refractivity contribution in [3.63, 3.8) is 0 Å². The highest BCUT2D eigenvalue weighted by atomic mass is 32.2. The van der Waals surface area contributed by atoms with E-state index in [1.54, 1.807) is 11.6 Å². The van der Waals surface area contributed by atoms with Crippen LogP contribution in [0.2, 0.25) is 0 Å². The summed E-state index contributed by atoms with van der Waals surface area (Å²) in [5.41, 5.74) is 8.48. The number of hydrogen-bond donors (Lipinski definition) is 3. The van der Waals surface area contributed by atoms with Gasteiger partial charge in [0, 0.05) is 23.5 Å². The molecule has 0 saturated carbocycles. The molecule has 5 N–H and O–H groups in total. The summed E-state index contributed by atoms with van der Waals surface area (Å²) < 4.78 is 0. The first-order valence-electron chi connectivity index (χ1n) is 4.85. The van der Waals surface area contributed by atoms with Gasteiger partial charge in [0.1, 0.15) is 5.03 Å². The van der Waals surface area contributed by atoms with Crippen LogP contribution in [0, 0.1) is 0 Å². The molecule has 0 unspecified atom stereocenters. The average molecular weight is 282 g/mol. The molecule has 0 aliphatic heterocycles. The van der Waals surface area contributed by atoms with Gasteiger partial charge < -0.3 is 5.73 Å². The zero-order chi connectivity index (χ0) is 13.0. The lowest BCUT2D eigenvalue weighted by molar-refractivity contribution is 0.0953. The van der Waals surface area contributed by atoms with Crippen LogP contribution in [0.3, 0.4) is 0 Å². The highest BCUT2D eigenvalue weighted by Gasteiger charge is 2.10. The van der Waals surface area contributed by atoms with E-state index in [0.29, 0.717) is 21.6 Å². The van der Waals surface area contributed by atoms with Gasteiger partial charge in [-0.3, -0.25) is 10.2 Å². The Labute approximate surface area is 111 Å². The van der Waals surface area contributed by atoms with Crippen molar-refractivity contribution in [3.05, 3.63) is 28.5 Å². The van der Waals surface area contributed by atoms with Crippen molar-refractivity contribution < 1.29 is 4.79 Å². The summed E-state index contributed by atoms with van der Waals surface area (Å²) >= 11 is 2.65. The Kier molecular flexibility index (Phi) is 4.07. The molecule has 0 fully saturated rings. The fraction of sp³-hybridized carbons (Fsp3) is 0.111. The molecule has 7 nitrogen and oxygen atoms in total. The van der Waals surface area contributed by atoms with Crippen LogP contribution in [0.4, 0.5) is 5.82 Å². The number of nitrogens with two attached hydrogens (primary N) is 2. The lowest BCUT2D eigenvalue weighted by atomic mass is 10.5. The highest BCUT2D eigenvalue weighted by molar-refractivity contribution is 7.98. The molecule has 2 heterocycles. The van der Waals surface area contributed by atoms with Gasteiger partial charge in [-0.25, -0.2) is 20.8 Å². The van der Waals surface area contributed by atoms with Gasteiger partial charge in [0.25, 0.3) is 5.91 Å². The number of thiazole rings is 1. The molecule has 0 saturated heterocycles. The number of thioether (sulfide) groups is 1. The van der Waals surface area contributed by atoms with Gasteiger partial charge in [-0.2, -0.15) is 0 Å². The molecule has 94 valence electrons. The third-order valence-electron chi connectivity index (χ3n) is 1.93. The Morgan fingerprint density at radius 1 is 1.44 bits per heavy atom. The van der Waals surface area contributed by atoms with E-state index in [4.69, 9.17) is 11.6 Å².